The number of hydrogen-bond donors (Lipinski definition) is 2. The van der Waals surface area contributed by atoms with Crippen molar-refractivity contribution in [3.05, 3.63) is 81.2 Å². The van der Waals surface area contributed by atoms with E-state index in [1.165, 1.54) is 46.9 Å². The number of H-pyrrole nitrogens is 1. The van der Waals surface area contributed by atoms with Crippen LogP contribution in [0.4, 0.5) is 8.78 Å². The van der Waals surface area contributed by atoms with Crippen molar-refractivity contribution in [3.8, 4) is 0 Å². The van der Waals surface area contributed by atoms with Crippen molar-refractivity contribution in [2.45, 2.75) is 10.9 Å². The molecule has 6 nitrogen and oxygen atoms in total. The van der Waals surface area contributed by atoms with Gasteiger partial charge in [-0.25, -0.2) is 22.2 Å². The van der Waals surface area contributed by atoms with E-state index in [9.17, 15) is 17.2 Å². The number of nitrogens with zero attached hydrogens (tertiary/aromatic N) is 2. The first-order valence-corrected chi connectivity index (χ1v) is 12.0. The maximum atomic E-state index is 13.8. The van der Waals surface area contributed by atoms with Crippen LogP contribution >= 0.6 is 23.2 Å². The smallest absolute Gasteiger partial charge is 0.260 e. The first kappa shape index (κ1) is 21.8. The molecule has 0 aliphatic carbocycles. The number of imidazole rings is 1. The third-order valence-corrected chi connectivity index (χ3v) is 8.32. The topological polar surface area (TPSA) is 78.1 Å². The molecule has 2 aliphatic heterocycles. The van der Waals surface area contributed by atoms with Gasteiger partial charge in [0.05, 0.1) is 22.2 Å². The molecule has 0 bridgehead atoms. The van der Waals surface area contributed by atoms with Gasteiger partial charge in [0, 0.05) is 31.6 Å². The van der Waals surface area contributed by atoms with Crippen LogP contribution in [0.3, 0.4) is 0 Å². The van der Waals surface area contributed by atoms with Gasteiger partial charge in [-0.3, -0.25) is 0 Å². The minimum atomic E-state index is -3.74. The summed E-state index contributed by atoms with van der Waals surface area (Å²) in [6.07, 6.45) is 1.26. The fourth-order valence-corrected chi connectivity index (χ4v) is 6.17. The third kappa shape index (κ3) is 3.62. The summed E-state index contributed by atoms with van der Waals surface area (Å²) in [5.74, 6) is -1.57. The quantitative estimate of drug-likeness (QED) is 0.561. The van der Waals surface area contributed by atoms with E-state index in [2.05, 4.69) is 15.3 Å². The third-order valence-electron chi connectivity index (χ3n) is 6.04. The van der Waals surface area contributed by atoms with Crippen molar-refractivity contribution in [3.63, 3.8) is 0 Å². The number of rotatable bonds is 5. The molecule has 0 atom stereocenters. The lowest BCUT2D eigenvalue weighted by Gasteiger charge is -2.54. The van der Waals surface area contributed by atoms with Crippen molar-refractivity contribution >= 4 is 33.2 Å². The van der Waals surface area contributed by atoms with Crippen LogP contribution in [-0.2, 0) is 10.0 Å². The number of aromatic amines is 1. The van der Waals surface area contributed by atoms with Crippen molar-refractivity contribution in [2.75, 3.05) is 26.2 Å². The molecule has 0 saturated carbocycles. The number of sulfonamides is 1. The Morgan fingerprint density at radius 3 is 2.03 bits per heavy atom. The van der Waals surface area contributed by atoms with Gasteiger partial charge in [0.15, 0.2) is 5.03 Å². The fraction of sp³-hybridized carbons (Fsp3) is 0.286. The molecular formula is C21H18Cl2F2N4O2S. The molecule has 3 heterocycles. The molecule has 1 aromatic heterocycles. The predicted octanol–water partition coefficient (Wildman–Crippen LogP) is 3.77. The zero-order chi connectivity index (χ0) is 22.7. The molecule has 168 valence electrons. The van der Waals surface area contributed by atoms with E-state index in [0.717, 1.165) is 13.1 Å². The summed E-state index contributed by atoms with van der Waals surface area (Å²) in [6.45, 7) is 2.54. The van der Waals surface area contributed by atoms with Gasteiger partial charge in [-0.15, -0.1) is 0 Å². The first-order valence-electron chi connectivity index (χ1n) is 9.84. The minimum Gasteiger partial charge on any atom is -0.331 e. The van der Waals surface area contributed by atoms with Gasteiger partial charge in [-0.1, -0.05) is 35.3 Å². The molecule has 2 aromatic carbocycles. The molecule has 2 saturated heterocycles. The standard InChI is InChI=1S/C21H18Cl2F2N4O2S/c22-14-5-12(1-3-16(14)24)19(13-2-4-17(25)15(23)6-13)20-27-7-18(28-20)32(30,31)29-10-21(11-29)8-26-9-21/h1-7,19,26H,8-11H2,(H,27,28). The molecular weight excluding hydrogens is 481 g/mol. The average Bonchev–Trinajstić information content (AvgIpc) is 3.16. The van der Waals surface area contributed by atoms with Gasteiger partial charge in [0.2, 0.25) is 0 Å². The molecule has 11 heteroatoms. The van der Waals surface area contributed by atoms with E-state index in [4.69, 9.17) is 23.2 Å². The van der Waals surface area contributed by atoms with Crippen LogP contribution in [0.5, 0.6) is 0 Å². The monoisotopic (exact) mass is 498 g/mol. The molecule has 1 spiro atoms. The lowest BCUT2D eigenvalue weighted by atomic mass is 9.76. The minimum absolute atomic E-state index is 0.0359. The maximum absolute atomic E-state index is 13.8. The highest BCUT2D eigenvalue weighted by Crippen LogP contribution is 2.38. The lowest BCUT2D eigenvalue weighted by molar-refractivity contribution is 0.0163. The number of benzene rings is 2. The summed E-state index contributed by atoms with van der Waals surface area (Å²) in [6, 6.07) is 8.31. The van der Waals surface area contributed by atoms with E-state index in [1.807, 2.05) is 0 Å². The second-order valence-corrected chi connectivity index (χ2v) is 11.0. The van der Waals surface area contributed by atoms with Crippen molar-refractivity contribution in [1.29, 1.82) is 0 Å². The van der Waals surface area contributed by atoms with Gasteiger partial charge in [0.25, 0.3) is 10.0 Å². The van der Waals surface area contributed by atoms with Crippen molar-refractivity contribution in [2.24, 2.45) is 5.41 Å². The van der Waals surface area contributed by atoms with Gasteiger partial charge >= 0.3 is 0 Å². The summed E-state index contributed by atoms with van der Waals surface area (Å²) in [7, 11) is -3.74. The molecule has 2 aliphatic rings. The Morgan fingerprint density at radius 1 is 1.00 bits per heavy atom. The summed E-state index contributed by atoms with van der Waals surface area (Å²) < 4.78 is 55.0. The highest BCUT2D eigenvalue weighted by molar-refractivity contribution is 7.89. The van der Waals surface area contributed by atoms with Crippen LogP contribution in [0, 0.1) is 17.0 Å². The lowest BCUT2D eigenvalue weighted by Crippen LogP contribution is -2.71. The number of hydrogen-bond acceptors (Lipinski definition) is 4. The molecule has 0 unspecified atom stereocenters. The molecule has 5 rings (SSSR count). The largest absolute Gasteiger partial charge is 0.331 e. The Morgan fingerprint density at radius 2 is 1.56 bits per heavy atom. The Balaban J connectivity index is 1.53. The molecule has 32 heavy (non-hydrogen) atoms. The van der Waals surface area contributed by atoms with E-state index in [1.54, 1.807) is 0 Å². The second-order valence-electron chi connectivity index (χ2n) is 8.29. The molecule has 0 radical (unpaired) electrons. The van der Waals surface area contributed by atoms with Gasteiger partial charge in [0.1, 0.15) is 17.5 Å². The number of aromatic nitrogens is 2. The number of nitrogens with one attached hydrogen (secondary N) is 2. The summed E-state index contributed by atoms with van der Waals surface area (Å²) in [4.78, 5) is 7.20. The van der Waals surface area contributed by atoms with E-state index < -0.39 is 27.6 Å². The summed E-state index contributed by atoms with van der Waals surface area (Å²) >= 11 is 12.0. The van der Waals surface area contributed by atoms with E-state index in [-0.39, 0.29) is 26.3 Å². The highest BCUT2D eigenvalue weighted by atomic mass is 35.5. The van der Waals surface area contributed by atoms with Gasteiger partial charge in [-0.2, -0.15) is 4.31 Å². The van der Waals surface area contributed by atoms with Crippen LogP contribution in [0.25, 0.3) is 0 Å². The molecule has 0 amide bonds. The van der Waals surface area contributed by atoms with Crippen LogP contribution in [0.2, 0.25) is 10.0 Å². The molecule has 2 fully saturated rings. The van der Waals surface area contributed by atoms with E-state index >= 15 is 0 Å². The molecule has 2 N–H and O–H groups in total. The van der Waals surface area contributed by atoms with Crippen molar-refractivity contribution < 1.29 is 17.2 Å². The van der Waals surface area contributed by atoms with Crippen LogP contribution in [0.15, 0.2) is 47.6 Å². The molecule has 3 aromatic rings. The highest BCUT2D eigenvalue weighted by Gasteiger charge is 2.52. The SMILES string of the molecule is O=S(=O)(c1cnc(C(c2ccc(F)c(Cl)c2)c2ccc(F)c(Cl)c2)[nH]1)N1CC2(CNC2)C1. The zero-order valence-corrected chi connectivity index (χ0v) is 18.9. The normalized spacial score (nSPS) is 18.0. The van der Waals surface area contributed by atoms with Crippen LogP contribution in [-0.4, -0.2) is 48.9 Å². The Labute approximate surface area is 193 Å². The fourth-order valence-electron chi connectivity index (χ4n) is 4.20. The Hall–Kier alpha value is -2.04. The summed E-state index contributed by atoms with van der Waals surface area (Å²) in [5, 5.41) is 2.94. The number of halogens is 4. The van der Waals surface area contributed by atoms with Crippen LogP contribution < -0.4 is 5.32 Å². The average molecular weight is 499 g/mol. The predicted molar refractivity (Wildman–Crippen MR) is 116 cm³/mol. The zero-order valence-electron chi connectivity index (χ0n) is 16.6. The van der Waals surface area contributed by atoms with Crippen molar-refractivity contribution in [1.82, 2.24) is 19.6 Å². The maximum Gasteiger partial charge on any atom is 0.260 e. The van der Waals surface area contributed by atoms with Gasteiger partial charge < -0.3 is 10.3 Å². The Bertz CT molecular complexity index is 1250. The van der Waals surface area contributed by atoms with Gasteiger partial charge in [-0.05, 0) is 35.4 Å². The van der Waals surface area contributed by atoms with Crippen LogP contribution in [0.1, 0.15) is 22.9 Å². The Kier molecular flexibility index (Phi) is 5.29. The summed E-state index contributed by atoms with van der Waals surface area (Å²) in [5.41, 5.74) is 1.12. The second kappa shape index (κ2) is 7.78. The van der Waals surface area contributed by atoms with E-state index in [0.29, 0.717) is 24.2 Å². The first-order chi connectivity index (χ1) is 15.2.